The van der Waals surface area contributed by atoms with Crippen molar-refractivity contribution in [1.29, 1.82) is 0 Å². The average molecular weight is 475 g/mol. The smallest absolute Gasteiger partial charge is 0.188 e. The first kappa shape index (κ1) is 23.1. The lowest BCUT2D eigenvalue weighted by atomic mass is 9.92. The number of nitrogens with two attached hydrogens (primary N) is 1. The maximum absolute atomic E-state index is 6.07. The highest BCUT2D eigenvalue weighted by molar-refractivity contribution is 14.0. The summed E-state index contributed by atoms with van der Waals surface area (Å²) in [5.74, 6) is 1.17. The van der Waals surface area contributed by atoms with Crippen molar-refractivity contribution in [1.82, 2.24) is 15.2 Å². The summed E-state index contributed by atoms with van der Waals surface area (Å²) in [5.41, 5.74) is 7.14. The molecule has 2 rings (SSSR count). The standard InChI is InChI=1S/C19H33N5O.HI/c1-3-16(4-2)18(24-11-13-25-14-12-24)15-23-19(20)22-10-8-17-7-5-6-9-21-17;/h5-7,9,16,18H,3-4,8,10-15H2,1-2H3,(H3,20,22,23);1H. The van der Waals surface area contributed by atoms with Crippen molar-refractivity contribution in [2.75, 3.05) is 39.4 Å². The second-order valence-electron chi connectivity index (χ2n) is 6.52. The minimum atomic E-state index is 0. The fourth-order valence-corrected chi connectivity index (χ4v) is 3.42. The van der Waals surface area contributed by atoms with E-state index in [2.05, 4.69) is 34.0 Å². The third-order valence-electron chi connectivity index (χ3n) is 4.97. The zero-order valence-corrected chi connectivity index (χ0v) is 18.4. The summed E-state index contributed by atoms with van der Waals surface area (Å²) in [7, 11) is 0. The monoisotopic (exact) mass is 475 g/mol. The molecule has 6 nitrogen and oxygen atoms in total. The van der Waals surface area contributed by atoms with Crippen molar-refractivity contribution in [3.63, 3.8) is 0 Å². The minimum absolute atomic E-state index is 0. The van der Waals surface area contributed by atoms with Crippen LogP contribution >= 0.6 is 24.0 Å². The van der Waals surface area contributed by atoms with Crippen molar-refractivity contribution < 1.29 is 4.74 Å². The number of aliphatic imine (C=N–C) groups is 1. The molecular formula is C19H34IN5O. The Morgan fingerprint density at radius 3 is 2.65 bits per heavy atom. The van der Waals surface area contributed by atoms with Gasteiger partial charge in [-0.1, -0.05) is 32.8 Å². The molecule has 0 amide bonds. The van der Waals surface area contributed by atoms with E-state index in [1.54, 1.807) is 0 Å². The van der Waals surface area contributed by atoms with Gasteiger partial charge in [0.2, 0.25) is 0 Å². The number of morpholine rings is 1. The number of ether oxygens (including phenoxy) is 1. The van der Waals surface area contributed by atoms with Crippen LogP contribution in [0.1, 0.15) is 32.4 Å². The maximum Gasteiger partial charge on any atom is 0.188 e. The molecule has 0 saturated carbocycles. The van der Waals surface area contributed by atoms with E-state index in [1.807, 2.05) is 24.4 Å². The van der Waals surface area contributed by atoms with Gasteiger partial charge in [0, 0.05) is 44.0 Å². The van der Waals surface area contributed by atoms with Gasteiger partial charge in [-0.15, -0.1) is 24.0 Å². The Balaban J connectivity index is 0.00000338. The summed E-state index contributed by atoms with van der Waals surface area (Å²) in [6.07, 6.45) is 4.99. The number of nitrogens with zero attached hydrogens (tertiary/aromatic N) is 3. The van der Waals surface area contributed by atoms with E-state index >= 15 is 0 Å². The van der Waals surface area contributed by atoms with Gasteiger partial charge in [-0.3, -0.25) is 14.9 Å². The van der Waals surface area contributed by atoms with Crippen LogP contribution in [0.5, 0.6) is 0 Å². The molecule has 148 valence electrons. The van der Waals surface area contributed by atoms with E-state index < -0.39 is 0 Å². The number of halogens is 1. The normalized spacial score (nSPS) is 17.0. The van der Waals surface area contributed by atoms with Gasteiger partial charge in [-0.2, -0.15) is 0 Å². The van der Waals surface area contributed by atoms with Crippen LogP contribution in [-0.2, 0) is 11.2 Å². The summed E-state index contributed by atoms with van der Waals surface area (Å²) >= 11 is 0. The molecule has 0 aromatic carbocycles. The number of nitrogens with one attached hydrogen (secondary N) is 1. The molecule has 3 N–H and O–H groups in total. The van der Waals surface area contributed by atoms with Gasteiger partial charge in [-0.25, -0.2) is 0 Å². The lowest BCUT2D eigenvalue weighted by Gasteiger charge is -2.38. The molecule has 1 fully saturated rings. The van der Waals surface area contributed by atoms with E-state index in [4.69, 9.17) is 10.5 Å². The van der Waals surface area contributed by atoms with Crippen LogP contribution in [0.15, 0.2) is 29.4 Å². The van der Waals surface area contributed by atoms with Gasteiger partial charge in [0.25, 0.3) is 0 Å². The second-order valence-corrected chi connectivity index (χ2v) is 6.52. The molecule has 1 atom stereocenters. The van der Waals surface area contributed by atoms with E-state index in [0.29, 0.717) is 17.9 Å². The first-order valence-corrected chi connectivity index (χ1v) is 9.50. The molecule has 1 saturated heterocycles. The van der Waals surface area contributed by atoms with Crippen molar-refractivity contribution in [3.05, 3.63) is 30.1 Å². The Labute approximate surface area is 175 Å². The van der Waals surface area contributed by atoms with E-state index in [0.717, 1.165) is 51.5 Å². The molecule has 26 heavy (non-hydrogen) atoms. The van der Waals surface area contributed by atoms with E-state index in [9.17, 15) is 0 Å². The summed E-state index contributed by atoms with van der Waals surface area (Å²) in [4.78, 5) is 11.5. The molecular weight excluding hydrogens is 441 g/mol. The molecule has 2 heterocycles. The van der Waals surface area contributed by atoms with Crippen molar-refractivity contribution in [3.8, 4) is 0 Å². The van der Waals surface area contributed by atoms with Gasteiger partial charge in [-0.05, 0) is 18.1 Å². The molecule has 1 aromatic rings. The van der Waals surface area contributed by atoms with Crippen LogP contribution in [0.3, 0.4) is 0 Å². The lowest BCUT2D eigenvalue weighted by Crippen LogP contribution is -2.49. The fourth-order valence-electron chi connectivity index (χ4n) is 3.42. The van der Waals surface area contributed by atoms with Crippen molar-refractivity contribution in [2.45, 2.75) is 39.2 Å². The van der Waals surface area contributed by atoms with Gasteiger partial charge >= 0.3 is 0 Å². The lowest BCUT2D eigenvalue weighted by molar-refractivity contribution is 0.00396. The van der Waals surface area contributed by atoms with Gasteiger partial charge in [0.15, 0.2) is 5.96 Å². The summed E-state index contributed by atoms with van der Waals surface area (Å²) in [6.45, 7) is 9.64. The van der Waals surface area contributed by atoms with Crippen molar-refractivity contribution >= 4 is 29.9 Å². The topological polar surface area (TPSA) is 75.8 Å². The quantitative estimate of drug-likeness (QED) is 0.326. The van der Waals surface area contributed by atoms with Crippen LogP contribution in [0.2, 0.25) is 0 Å². The molecule has 0 aliphatic carbocycles. The molecule has 1 unspecified atom stereocenters. The molecule has 1 aromatic heterocycles. The maximum atomic E-state index is 6.07. The number of rotatable bonds is 9. The fraction of sp³-hybridized carbons (Fsp3) is 0.684. The number of aromatic nitrogens is 1. The Hall–Kier alpha value is -0.930. The predicted molar refractivity (Wildman–Crippen MR) is 118 cm³/mol. The summed E-state index contributed by atoms with van der Waals surface area (Å²) in [6, 6.07) is 6.39. The Morgan fingerprint density at radius 1 is 1.31 bits per heavy atom. The number of guanidine groups is 1. The zero-order chi connectivity index (χ0) is 17.9. The van der Waals surface area contributed by atoms with Gasteiger partial charge < -0.3 is 15.8 Å². The highest BCUT2D eigenvalue weighted by Crippen LogP contribution is 2.20. The Bertz CT molecular complexity index is 504. The van der Waals surface area contributed by atoms with E-state index in [1.165, 1.54) is 12.8 Å². The molecule has 0 spiro atoms. The highest BCUT2D eigenvalue weighted by Gasteiger charge is 2.26. The summed E-state index contributed by atoms with van der Waals surface area (Å²) in [5, 5.41) is 3.21. The minimum Gasteiger partial charge on any atom is -0.379 e. The van der Waals surface area contributed by atoms with Gasteiger partial charge in [0.1, 0.15) is 0 Å². The first-order chi connectivity index (χ1) is 12.2. The summed E-state index contributed by atoms with van der Waals surface area (Å²) < 4.78 is 5.50. The van der Waals surface area contributed by atoms with Crippen LogP contribution < -0.4 is 11.1 Å². The van der Waals surface area contributed by atoms with Crippen LogP contribution in [-0.4, -0.2) is 61.3 Å². The Morgan fingerprint density at radius 2 is 2.04 bits per heavy atom. The van der Waals surface area contributed by atoms with Crippen LogP contribution in [0.4, 0.5) is 0 Å². The molecule has 0 radical (unpaired) electrons. The molecule has 1 aliphatic rings. The highest BCUT2D eigenvalue weighted by atomic mass is 127. The third-order valence-corrected chi connectivity index (χ3v) is 4.97. The first-order valence-electron chi connectivity index (χ1n) is 9.50. The number of hydrogen-bond donors (Lipinski definition) is 2. The van der Waals surface area contributed by atoms with Crippen LogP contribution in [0.25, 0.3) is 0 Å². The Kier molecular flexibility index (Phi) is 11.8. The SMILES string of the molecule is CCC(CC)C(CN=C(N)NCCc1ccccn1)N1CCOCC1.I. The predicted octanol–water partition coefficient (Wildman–Crippen LogP) is 2.28. The molecule has 1 aliphatic heterocycles. The number of hydrogen-bond acceptors (Lipinski definition) is 4. The molecule has 0 bridgehead atoms. The molecule has 7 heteroatoms. The second kappa shape index (κ2) is 13.3. The average Bonchev–Trinajstić information content (AvgIpc) is 2.66. The zero-order valence-electron chi connectivity index (χ0n) is 16.1. The largest absolute Gasteiger partial charge is 0.379 e. The van der Waals surface area contributed by atoms with Crippen molar-refractivity contribution in [2.24, 2.45) is 16.6 Å². The van der Waals surface area contributed by atoms with Gasteiger partial charge in [0.05, 0.1) is 19.8 Å². The number of pyridine rings is 1. The van der Waals surface area contributed by atoms with E-state index in [-0.39, 0.29) is 24.0 Å². The third kappa shape index (κ3) is 7.75. The van der Waals surface area contributed by atoms with Crippen LogP contribution in [0, 0.1) is 5.92 Å².